The third-order valence-corrected chi connectivity index (χ3v) is 5.35. The van der Waals surface area contributed by atoms with Crippen LogP contribution >= 0.6 is 0 Å². The van der Waals surface area contributed by atoms with Crippen LogP contribution in [0.1, 0.15) is 17.4 Å². The number of esters is 2. The average molecular weight is 444 g/mol. The van der Waals surface area contributed by atoms with Gasteiger partial charge >= 0.3 is 11.9 Å². The van der Waals surface area contributed by atoms with E-state index in [1.165, 1.54) is 19.1 Å². The Morgan fingerprint density at radius 3 is 2.45 bits per heavy atom. The van der Waals surface area contributed by atoms with E-state index in [0.717, 1.165) is 0 Å². The molecular formula is C24H20N4O5. The number of anilines is 1. The third-order valence-electron chi connectivity index (χ3n) is 5.35. The van der Waals surface area contributed by atoms with E-state index in [4.69, 9.17) is 19.6 Å². The Labute approximate surface area is 189 Å². The number of rotatable bonds is 4. The van der Waals surface area contributed by atoms with Crippen LogP contribution < -0.4 is 10.6 Å². The second kappa shape index (κ2) is 8.51. The second-order valence-electron chi connectivity index (χ2n) is 7.22. The maximum atomic E-state index is 13.0. The predicted octanol–water partition coefficient (Wildman–Crippen LogP) is 3.03. The van der Waals surface area contributed by atoms with Crippen molar-refractivity contribution in [1.29, 1.82) is 5.26 Å². The molecule has 1 unspecified atom stereocenters. The van der Waals surface area contributed by atoms with Crippen LogP contribution in [0.5, 0.6) is 0 Å². The first-order valence-electron chi connectivity index (χ1n) is 9.94. The van der Waals surface area contributed by atoms with Crippen molar-refractivity contribution in [3.05, 3.63) is 82.6 Å². The van der Waals surface area contributed by atoms with Crippen molar-refractivity contribution in [2.75, 3.05) is 19.1 Å². The molecule has 2 aromatic carbocycles. The van der Waals surface area contributed by atoms with Crippen molar-refractivity contribution in [2.45, 2.75) is 12.8 Å². The lowest BCUT2D eigenvalue weighted by molar-refractivity contribution is -0.139. The van der Waals surface area contributed by atoms with Gasteiger partial charge in [-0.15, -0.1) is 0 Å². The molecule has 0 radical (unpaired) electrons. The Balaban J connectivity index is 2.06. The van der Waals surface area contributed by atoms with E-state index in [0.29, 0.717) is 28.2 Å². The van der Waals surface area contributed by atoms with Crippen molar-refractivity contribution in [3.63, 3.8) is 0 Å². The maximum Gasteiger partial charge on any atom is 0.355 e. The Bertz CT molecular complexity index is 1360. The van der Waals surface area contributed by atoms with E-state index >= 15 is 0 Å². The van der Waals surface area contributed by atoms with Gasteiger partial charge in [0.25, 0.3) is 0 Å². The summed E-state index contributed by atoms with van der Waals surface area (Å²) in [7, 11) is 2.40. The molecule has 1 aliphatic heterocycles. The Hall–Kier alpha value is -4.58. The van der Waals surface area contributed by atoms with Crippen LogP contribution in [0, 0.1) is 18.3 Å². The van der Waals surface area contributed by atoms with Crippen molar-refractivity contribution in [3.8, 4) is 6.07 Å². The molecule has 0 fully saturated rings. The van der Waals surface area contributed by atoms with Gasteiger partial charge in [-0.3, -0.25) is 4.90 Å². The number of nitriles is 1. The molecule has 2 heterocycles. The zero-order valence-electron chi connectivity index (χ0n) is 18.2. The van der Waals surface area contributed by atoms with Crippen LogP contribution in [-0.2, 0) is 19.1 Å². The zero-order valence-corrected chi connectivity index (χ0v) is 18.2. The van der Waals surface area contributed by atoms with Gasteiger partial charge in [0.15, 0.2) is 11.5 Å². The van der Waals surface area contributed by atoms with Gasteiger partial charge in [0.1, 0.15) is 17.0 Å². The first-order valence-corrected chi connectivity index (χ1v) is 9.94. The Morgan fingerprint density at radius 2 is 1.82 bits per heavy atom. The molecule has 0 amide bonds. The first kappa shape index (κ1) is 21.6. The largest absolute Gasteiger partial charge is 0.466 e. The van der Waals surface area contributed by atoms with Crippen LogP contribution in [0.2, 0.25) is 0 Å². The molecule has 4 rings (SSSR count). The number of carbonyl (C=O) groups excluding carboxylic acids is 2. The summed E-state index contributed by atoms with van der Waals surface area (Å²) < 4.78 is 15.6. The number of nitrogens with two attached hydrogens (primary N) is 1. The lowest BCUT2D eigenvalue weighted by atomic mass is 9.81. The first-order chi connectivity index (χ1) is 15.9. The van der Waals surface area contributed by atoms with Crippen molar-refractivity contribution in [2.24, 2.45) is 5.73 Å². The number of oxazole rings is 1. The highest BCUT2D eigenvalue weighted by atomic mass is 16.5. The molecule has 3 aromatic rings. The minimum absolute atomic E-state index is 0.0148. The molecule has 0 saturated carbocycles. The number of methoxy groups -OCH3 is 2. The Kier molecular flexibility index (Phi) is 5.58. The van der Waals surface area contributed by atoms with Crippen LogP contribution in [0.25, 0.3) is 11.1 Å². The molecule has 166 valence electrons. The second-order valence-corrected chi connectivity index (χ2v) is 7.22. The number of allylic oxidation sites excluding steroid dienone is 1. The van der Waals surface area contributed by atoms with Gasteiger partial charge in [0, 0.05) is 6.92 Å². The summed E-state index contributed by atoms with van der Waals surface area (Å²) in [5.41, 5.74) is 8.41. The van der Waals surface area contributed by atoms with Crippen LogP contribution in [0.3, 0.4) is 0 Å². The van der Waals surface area contributed by atoms with Crippen molar-refractivity contribution < 1.29 is 23.5 Å². The average Bonchev–Trinajstić information content (AvgIpc) is 3.21. The quantitative estimate of drug-likeness (QED) is 0.603. The lowest BCUT2D eigenvalue weighted by Crippen LogP contribution is -2.40. The van der Waals surface area contributed by atoms with E-state index in [2.05, 4.69) is 11.1 Å². The van der Waals surface area contributed by atoms with Gasteiger partial charge < -0.3 is 19.6 Å². The van der Waals surface area contributed by atoms with Crippen molar-refractivity contribution in [1.82, 2.24) is 4.98 Å². The zero-order chi connectivity index (χ0) is 23.7. The number of aromatic nitrogens is 1. The number of aryl methyl sites for hydroxylation is 1. The summed E-state index contributed by atoms with van der Waals surface area (Å²) in [5, 5.41) is 10.1. The molecule has 9 nitrogen and oxygen atoms in total. The molecule has 0 bridgehead atoms. The normalized spacial score (nSPS) is 16.1. The summed E-state index contributed by atoms with van der Waals surface area (Å²) in [5.74, 6) is -2.07. The number of nitrogens with zero attached hydrogens (tertiary/aromatic N) is 3. The third kappa shape index (κ3) is 3.57. The molecule has 1 aromatic heterocycles. The highest BCUT2D eigenvalue weighted by Gasteiger charge is 2.43. The fraction of sp³-hybridized carbons (Fsp3) is 0.167. The van der Waals surface area contributed by atoms with E-state index in [9.17, 15) is 14.9 Å². The SMILES string of the molecule is COC(=O)C1=C(C(=O)OC)N(c2ccc3oc(C)nc3c2)C(N)=C(C#N)C1c1ccccc1. The summed E-state index contributed by atoms with van der Waals surface area (Å²) in [4.78, 5) is 31.7. The smallest absolute Gasteiger partial charge is 0.355 e. The van der Waals surface area contributed by atoms with Crippen LogP contribution in [-0.4, -0.2) is 31.1 Å². The number of carbonyl (C=O) groups is 2. The van der Waals surface area contributed by atoms with E-state index in [1.807, 2.05) is 0 Å². The fourth-order valence-corrected chi connectivity index (χ4v) is 3.95. The predicted molar refractivity (Wildman–Crippen MR) is 118 cm³/mol. The topological polar surface area (TPSA) is 132 Å². The van der Waals surface area contributed by atoms with Gasteiger partial charge in [-0.05, 0) is 23.8 Å². The van der Waals surface area contributed by atoms with Gasteiger partial charge in [0.05, 0.1) is 43.0 Å². The van der Waals surface area contributed by atoms with Crippen LogP contribution in [0.4, 0.5) is 5.69 Å². The monoisotopic (exact) mass is 444 g/mol. The summed E-state index contributed by atoms with van der Waals surface area (Å²) in [6.07, 6.45) is 0. The number of benzene rings is 2. The molecular weight excluding hydrogens is 424 g/mol. The highest BCUT2D eigenvalue weighted by Crippen LogP contribution is 2.43. The number of fused-ring (bicyclic) bond motifs is 1. The molecule has 1 atom stereocenters. The maximum absolute atomic E-state index is 13.0. The van der Waals surface area contributed by atoms with Gasteiger partial charge in [0.2, 0.25) is 0 Å². The number of ether oxygens (including phenoxy) is 2. The molecule has 2 N–H and O–H groups in total. The minimum Gasteiger partial charge on any atom is -0.466 e. The highest BCUT2D eigenvalue weighted by molar-refractivity contribution is 6.06. The molecule has 0 aliphatic carbocycles. The lowest BCUT2D eigenvalue weighted by Gasteiger charge is -2.35. The molecule has 0 spiro atoms. The number of hydrogen-bond donors (Lipinski definition) is 1. The molecule has 0 saturated heterocycles. The summed E-state index contributed by atoms with van der Waals surface area (Å²) >= 11 is 0. The van der Waals surface area contributed by atoms with Gasteiger partial charge in [-0.2, -0.15) is 5.26 Å². The summed E-state index contributed by atoms with van der Waals surface area (Å²) in [6, 6.07) is 15.9. The Morgan fingerprint density at radius 1 is 1.12 bits per heavy atom. The van der Waals surface area contributed by atoms with E-state index < -0.39 is 17.9 Å². The standard InChI is InChI=1S/C24H20N4O5/c1-13-27-17-11-15(9-10-18(17)33-13)28-21(24(30)32-3)20(23(29)31-2)19(16(12-25)22(28)26)14-7-5-4-6-8-14/h4-11,19H,26H2,1-3H3. The fourth-order valence-electron chi connectivity index (χ4n) is 3.95. The van der Waals surface area contributed by atoms with Gasteiger partial charge in [-0.1, -0.05) is 30.3 Å². The minimum atomic E-state index is -0.924. The van der Waals surface area contributed by atoms with E-state index in [-0.39, 0.29) is 22.7 Å². The number of hydrogen-bond acceptors (Lipinski definition) is 9. The molecule has 1 aliphatic rings. The van der Waals surface area contributed by atoms with Crippen LogP contribution in [0.15, 0.2) is 75.6 Å². The van der Waals surface area contributed by atoms with Crippen molar-refractivity contribution >= 4 is 28.7 Å². The molecule has 9 heteroatoms. The van der Waals surface area contributed by atoms with Gasteiger partial charge in [-0.25, -0.2) is 14.6 Å². The van der Waals surface area contributed by atoms with E-state index in [1.54, 1.807) is 55.5 Å². The summed E-state index contributed by atoms with van der Waals surface area (Å²) in [6.45, 7) is 1.71. The molecule has 33 heavy (non-hydrogen) atoms.